The molecule has 2 aliphatic rings. The molecule has 6 nitrogen and oxygen atoms in total. The zero-order valence-corrected chi connectivity index (χ0v) is 10.6. The lowest BCUT2D eigenvalue weighted by Gasteiger charge is -2.18. The van der Waals surface area contributed by atoms with Crippen molar-refractivity contribution in [2.24, 2.45) is 16.5 Å². The minimum absolute atomic E-state index is 0.0413. The number of carbonyl (C=O) groups is 2. The predicted molar refractivity (Wildman–Crippen MR) is 73.9 cm³/mol. The van der Waals surface area contributed by atoms with Crippen LogP contribution in [0.5, 0.6) is 0 Å². The van der Waals surface area contributed by atoms with Gasteiger partial charge in [-0.2, -0.15) is 0 Å². The van der Waals surface area contributed by atoms with Gasteiger partial charge in [-0.15, -0.1) is 0 Å². The van der Waals surface area contributed by atoms with Crippen LogP contribution in [0.15, 0.2) is 39.9 Å². The van der Waals surface area contributed by atoms with Crippen molar-refractivity contribution in [3.8, 4) is 0 Å². The van der Waals surface area contributed by atoms with Crippen LogP contribution in [-0.4, -0.2) is 23.4 Å². The van der Waals surface area contributed by atoms with Crippen LogP contribution in [-0.2, 0) is 9.59 Å². The van der Waals surface area contributed by atoms with Gasteiger partial charge in [0.15, 0.2) is 0 Å². The van der Waals surface area contributed by atoms with E-state index in [0.29, 0.717) is 16.4 Å². The van der Waals surface area contributed by atoms with E-state index in [1.165, 1.54) is 16.7 Å². The second-order valence-corrected chi connectivity index (χ2v) is 5.01. The number of nitrogens with two attached hydrogens (primary N) is 2. The fraction of sp³-hybridized carbons (Fsp3) is 0.0833. The first-order valence-electron chi connectivity index (χ1n) is 5.53. The van der Waals surface area contributed by atoms with Gasteiger partial charge in [0.2, 0.25) is 5.91 Å². The molecule has 19 heavy (non-hydrogen) atoms. The van der Waals surface area contributed by atoms with Crippen molar-refractivity contribution in [2.45, 2.75) is 0 Å². The van der Waals surface area contributed by atoms with Gasteiger partial charge < -0.3 is 11.5 Å². The number of hydrogen-bond acceptors (Lipinski definition) is 5. The highest BCUT2D eigenvalue weighted by Crippen LogP contribution is 2.42. The highest BCUT2D eigenvalue weighted by Gasteiger charge is 2.36. The summed E-state index contributed by atoms with van der Waals surface area (Å²) in [6.07, 6.45) is 0. The van der Waals surface area contributed by atoms with E-state index in [0.717, 1.165) is 0 Å². The fourth-order valence-electron chi connectivity index (χ4n) is 2.07. The van der Waals surface area contributed by atoms with Crippen molar-refractivity contribution in [2.75, 3.05) is 10.7 Å². The second kappa shape index (κ2) is 4.13. The third kappa shape index (κ3) is 1.70. The van der Waals surface area contributed by atoms with Gasteiger partial charge >= 0.3 is 0 Å². The van der Waals surface area contributed by atoms with E-state index in [1.54, 1.807) is 24.3 Å². The molecule has 1 aromatic carbocycles. The summed E-state index contributed by atoms with van der Waals surface area (Å²) in [6, 6.07) is 7.09. The summed E-state index contributed by atoms with van der Waals surface area (Å²) < 4.78 is 0. The number of thioether (sulfide) groups is 1. The number of carbonyl (C=O) groups excluding carboxylic acids is 2. The van der Waals surface area contributed by atoms with Gasteiger partial charge in [-0.25, -0.2) is 4.99 Å². The maximum absolute atomic E-state index is 12.0. The zero-order valence-electron chi connectivity index (χ0n) is 9.79. The van der Waals surface area contributed by atoms with Crippen LogP contribution in [0.2, 0.25) is 0 Å². The van der Waals surface area contributed by atoms with Gasteiger partial charge in [0.25, 0.3) is 5.91 Å². The van der Waals surface area contributed by atoms with Crippen LogP contribution in [0.4, 0.5) is 11.4 Å². The summed E-state index contributed by atoms with van der Waals surface area (Å²) in [6.45, 7) is 0. The maximum Gasteiger partial charge on any atom is 0.255 e. The van der Waals surface area contributed by atoms with Crippen LogP contribution in [0, 0.1) is 0 Å². The number of anilines is 1. The Labute approximate surface area is 113 Å². The lowest BCUT2D eigenvalue weighted by Crippen LogP contribution is -2.31. The molecule has 4 N–H and O–H groups in total. The predicted octanol–water partition coefficient (Wildman–Crippen LogP) is 0.466. The highest BCUT2D eigenvalue weighted by molar-refractivity contribution is 8.04. The number of rotatable bonds is 1. The lowest BCUT2D eigenvalue weighted by atomic mass is 10.2. The number of fused-ring (bicyclic) bond motifs is 3. The Morgan fingerprint density at radius 2 is 2.11 bits per heavy atom. The second-order valence-electron chi connectivity index (χ2n) is 4.05. The summed E-state index contributed by atoms with van der Waals surface area (Å²) in [7, 11) is 0. The quantitative estimate of drug-likeness (QED) is 0.776. The van der Waals surface area contributed by atoms with E-state index >= 15 is 0 Å². The molecule has 0 unspecified atom stereocenters. The SMILES string of the molecule is NC(=O)C1=C2SCC(=O)N2c2ccccc2N=C1N. The van der Waals surface area contributed by atoms with Gasteiger partial charge in [0.1, 0.15) is 11.4 Å². The zero-order chi connectivity index (χ0) is 13.6. The molecule has 2 amide bonds. The molecule has 3 rings (SSSR count). The number of benzene rings is 1. The average Bonchev–Trinajstić information content (AvgIpc) is 2.66. The first-order valence-corrected chi connectivity index (χ1v) is 6.51. The Balaban J connectivity index is 2.33. The number of primary amides is 1. The summed E-state index contributed by atoms with van der Waals surface area (Å²) in [4.78, 5) is 29.2. The first-order chi connectivity index (χ1) is 9.09. The van der Waals surface area contributed by atoms with E-state index < -0.39 is 5.91 Å². The molecule has 0 aliphatic carbocycles. The molecule has 0 bridgehead atoms. The molecule has 0 spiro atoms. The van der Waals surface area contributed by atoms with Crippen molar-refractivity contribution >= 4 is 40.8 Å². The van der Waals surface area contributed by atoms with Crippen LogP contribution in [0.1, 0.15) is 0 Å². The molecule has 7 heteroatoms. The summed E-state index contributed by atoms with van der Waals surface area (Å²) in [5, 5.41) is 0.462. The van der Waals surface area contributed by atoms with Gasteiger partial charge in [0.05, 0.1) is 22.2 Å². The van der Waals surface area contributed by atoms with E-state index in [9.17, 15) is 9.59 Å². The number of amidine groups is 1. The largest absolute Gasteiger partial charge is 0.383 e. The first kappa shape index (κ1) is 11.8. The third-order valence-corrected chi connectivity index (χ3v) is 3.92. The molecular formula is C12H10N4O2S. The Hall–Kier alpha value is -2.28. The van der Waals surface area contributed by atoms with Crippen molar-refractivity contribution in [3.05, 3.63) is 34.9 Å². The van der Waals surface area contributed by atoms with Crippen LogP contribution in [0.25, 0.3) is 0 Å². The molecule has 0 saturated carbocycles. The highest BCUT2D eigenvalue weighted by atomic mass is 32.2. The average molecular weight is 274 g/mol. The molecule has 2 heterocycles. The summed E-state index contributed by atoms with van der Waals surface area (Å²) in [5.74, 6) is -0.500. The number of nitrogens with zero attached hydrogens (tertiary/aromatic N) is 2. The Bertz CT molecular complexity index is 665. The van der Waals surface area contributed by atoms with Gasteiger partial charge in [-0.05, 0) is 12.1 Å². The van der Waals surface area contributed by atoms with Crippen LogP contribution < -0.4 is 16.4 Å². The molecule has 1 fully saturated rings. The van der Waals surface area contributed by atoms with E-state index in [2.05, 4.69) is 4.99 Å². The van der Waals surface area contributed by atoms with Gasteiger partial charge in [0, 0.05) is 0 Å². The lowest BCUT2D eigenvalue weighted by molar-refractivity contribution is -0.115. The monoisotopic (exact) mass is 274 g/mol. The van der Waals surface area contributed by atoms with E-state index in [-0.39, 0.29) is 23.1 Å². The van der Waals surface area contributed by atoms with Crippen LogP contribution >= 0.6 is 11.8 Å². The topological polar surface area (TPSA) is 102 Å². The van der Waals surface area contributed by atoms with E-state index in [1.807, 2.05) is 0 Å². The third-order valence-electron chi connectivity index (χ3n) is 2.86. The molecule has 2 aliphatic heterocycles. The van der Waals surface area contributed by atoms with Gasteiger partial charge in [-0.3, -0.25) is 14.5 Å². The number of hydrogen-bond donors (Lipinski definition) is 2. The number of para-hydroxylation sites is 2. The van der Waals surface area contributed by atoms with E-state index in [4.69, 9.17) is 11.5 Å². The van der Waals surface area contributed by atoms with Crippen molar-refractivity contribution in [1.29, 1.82) is 0 Å². The van der Waals surface area contributed by atoms with Crippen molar-refractivity contribution < 1.29 is 9.59 Å². The smallest absolute Gasteiger partial charge is 0.255 e. The van der Waals surface area contributed by atoms with Crippen molar-refractivity contribution in [1.82, 2.24) is 0 Å². The minimum Gasteiger partial charge on any atom is -0.383 e. The minimum atomic E-state index is -0.684. The standard InChI is InChI=1S/C12H10N4O2S/c13-10-9(11(14)18)12-16(8(17)5-19-12)7-4-2-1-3-6(7)15-10/h1-4H,5H2,(H2,13,15)(H2,14,18). The Morgan fingerprint density at radius 3 is 2.84 bits per heavy atom. The molecule has 1 aromatic rings. The summed E-state index contributed by atoms with van der Waals surface area (Å²) >= 11 is 1.25. The number of aliphatic imine (C=N–C) groups is 1. The van der Waals surface area contributed by atoms with Crippen molar-refractivity contribution in [3.63, 3.8) is 0 Å². The molecule has 1 saturated heterocycles. The normalized spacial score (nSPS) is 17.8. The molecular weight excluding hydrogens is 264 g/mol. The summed E-state index contributed by atoms with van der Waals surface area (Å²) in [5.41, 5.74) is 12.5. The van der Waals surface area contributed by atoms with Crippen LogP contribution in [0.3, 0.4) is 0 Å². The maximum atomic E-state index is 12.0. The van der Waals surface area contributed by atoms with Gasteiger partial charge in [-0.1, -0.05) is 23.9 Å². The molecule has 0 radical (unpaired) electrons. The molecule has 0 aromatic heterocycles. The Morgan fingerprint density at radius 1 is 1.37 bits per heavy atom. The fourth-order valence-corrected chi connectivity index (χ4v) is 3.14. The molecule has 96 valence electrons. The molecule has 0 atom stereocenters. The Kier molecular flexibility index (Phi) is 2.56. The number of amides is 2.